The highest BCUT2D eigenvalue weighted by Gasteiger charge is 2.17. The first kappa shape index (κ1) is 16.4. The van der Waals surface area contributed by atoms with Crippen molar-refractivity contribution in [1.29, 1.82) is 0 Å². The fraction of sp³-hybridized carbons (Fsp3) is 0.0909. The predicted molar refractivity (Wildman–Crippen MR) is 113 cm³/mol. The average molecular weight is 362 g/mol. The van der Waals surface area contributed by atoms with Crippen LogP contribution in [0.4, 0.5) is 5.69 Å². The minimum Gasteiger partial charge on any atom is -0.330 e. The molecule has 0 aromatic heterocycles. The van der Waals surface area contributed by atoms with Crippen molar-refractivity contribution in [2.45, 2.75) is 10.6 Å². The van der Waals surface area contributed by atoms with E-state index >= 15 is 0 Å². The molecule has 1 heterocycles. The monoisotopic (exact) mass is 361 g/mol. The van der Waals surface area contributed by atoms with Gasteiger partial charge in [-0.25, -0.2) is 0 Å². The van der Waals surface area contributed by atoms with Crippen LogP contribution in [0.5, 0.6) is 0 Å². The van der Waals surface area contributed by atoms with Crippen LogP contribution >= 0.6 is 23.7 Å². The molecule has 1 aliphatic heterocycles. The molecule has 3 aromatic rings. The molecule has 0 spiro atoms. The van der Waals surface area contributed by atoms with Gasteiger partial charge < -0.3 is 4.72 Å². The zero-order valence-electron chi connectivity index (χ0n) is 14.0. The fourth-order valence-corrected chi connectivity index (χ4v) is 4.59. The summed E-state index contributed by atoms with van der Waals surface area (Å²) >= 11 is 3.54. The smallest absolute Gasteiger partial charge is 0.0445 e. The van der Waals surface area contributed by atoms with E-state index in [1.807, 2.05) is 18.0 Å². The second kappa shape index (κ2) is 7.42. The molecule has 0 unspecified atom stereocenters. The van der Waals surface area contributed by atoms with E-state index in [0.29, 0.717) is 0 Å². The summed E-state index contributed by atoms with van der Waals surface area (Å²) in [6.07, 6.45) is 4.36. The number of rotatable bonds is 3. The summed E-state index contributed by atoms with van der Waals surface area (Å²) in [6.45, 7) is 0. The Morgan fingerprint density at radius 3 is 2.60 bits per heavy atom. The Balaban J connectivity index is 1.89. The summed E-state index contributed by atoms with van der Waals surface area (Å²) in [7, 11) is 0. The molecule has 124 valence electrons. The predicted octanol–water partition coefficient (Wildman–Crippen LogP) is 6.57. The van der Waals surface area contributed by atoms with Crippen LogP contribution < -0.4 is 4.72 Å². The highest BCUT2D eigenvalue weighted by molar-refractivity contribution is 7.99. The van der Waals surface area contributed by atoms with Crippen molar-refractivity contribution in [2.24, 2.45) is 0 Å². The third-order valence-corrected chi connectivity index (χ3v) is 5.85. The van der Waals surface area contributed by atoms with E-state index in [0.717, 1.165) is 11.4 Å². The first-order valence-corrected chi connectivity index (χ1v) is 10.5. The zero-order valence-corrected chi connectivity index (χ0v) is 15.7. The Labute approximate surface area is 157 Å². The number of nitrogens with one attached hydrogen (secondary N) is 1. The van der Waals surface area contributed by atoms with Crippen molar-refractivity contribution in [3.8, 4) is 0 Å². The summed E-state index contributed by atoms with van der Waals surface area (Å²) in [4.78, 5) is 1.35. The number of fused-ring (bicyclic) bond motifs is 2. The Bertz CT molecular complexity index is 881. The van der Waals surface area contributed by atoms with E-state index in [9.17, 15) is 0 Å². The molecule has 0 saturated carbocycles. The van der Waals surface area contributed by atoms with Gasteiger partial charge in [-0.05, 0) is 52.1 Å². The van der Waals surface area contributed by atoms with Crippen molar-refractivity contribution in [3.05, 3.63) is 95.1 Å². The minimum atomic E-state index is 1.01. The summed E-state index contributed by atoms with van der Waals surface area (Å²) in [6, 6.07) is 26.1. The molecule has 0 atom stereocenters. The van der Waals surface area contributed by atoms with Gasteiger partial charge in [0.2, 0.25) is 0 Å². The lowest BCUT2D eigenvalue weighted by molar-refractivity contribution is 1.39. The lowest BCUT2D eigenvalue weighted by Gasteiger charge is -2.12. The van der Waals surface area contributed by atoms with Gasteiger partial charge in [0.1, 0.15) is 0 Å². The number of hydrogen-bond acceptors (Lipinski definition) is 3. The fourth-order valence-electron chi connectivity index (χ4n) is 3.16. The van der Waals surface area contributed by atoms with Gasteiger partial charge in [0.15, 0.2) is 0 Å². The van der Waals surface area contributed by atoms with Gasteiger partial charge in [0, 0.05) is 22.6 Å². The Morgan fingerprint density at radius 1 is 0.920 bits per heavy atom. The van der Waals surface area contributed by atoms with Gasteiger partial charge >= 0.3 is 0 Å². The van der Waals surface area contributed by atoms with Crippen molar-refractivity contribution >= 4 is 41.0 Å². The molecule has 0 radical (unpaired) electrons. The van der Waals surface area contributed by atoms with Crippen LogP contribution in [0.25, 0.3) is 11.6 Å². The maximum absolute atomic E-state index is 3.32. The van der Waals surface area contributed by atoms with Crippen molar-refractivity contribution < 1.29 is 0 Å². The lowest BCUT2D eigenvalue weighted by Crippen LogP contribution is -1.92. The number of benzene rings is 3. The quantitative estimate of drug-likeness (QED) is 0.530. The maximum Gasteiger partial charge on any atom is 0.0445 e. The van der Waals surface area contributed by atoms with E-state index in [2.05, 4.69) is 83.6 Å². The Morgan fingerprint density at radius 2 is 1.72 bits per heavy atom. The number of anilines is 1. The molecular weight excluding hydrogens is 342 g/mol. The first-order chi connectivity index (χ1) is 12.3. The van der Waals surface area contributed by atoms with E-state index in [4.69, 9.17) is 0 Å². The highest BCUT2D eigenvalue weighted by Crippen LogP contribution is 2.40. The van der Waals surface area contributed by atoms with Crippen molar-refractivity contribution in [2.75, 3.05) is 11.0 Å². The Kier molecular flexibility index (Phi) is 4.86. The van der Waals surface area contributed by atoms with Crippen LogP contribution in [0.1, 0.15) is 22.3 Å². The van der Waals surface area contributed by atoms with E-state index in [-0.39, 0.29) is 0 Å². The second-order valence-electron chi connectivity index (χ2n) is 5.93. The van der Waals surface area contributed by atoms with Crippen LogP contribution in [0.15, 0.2) is 77.7 Å². The van der Waals surface area contributed by atoms with Gasteiger partial charge in [0.05, 0.1) is 0 Å². The minimum absolute atomic E-state index is 1.01. The summed E-state index contributed by atoms with van der Waals surface area (Å²) in [5.41, 5.74) is 7.70. The van der Waals surface area contributed by atoms with Gasteiger partial charge in [0.25, 0.3) is 0 Å². The van der Waals surface area contributed by atoms with E-state index < -0.39 is 0 Å². The van der Waals surface area contributed by atoms with Crippen LogP contribution in [0, 0.1) is 0 Å². The maximum atomic E-state index is 3.32. The molecule has 0 amide bonds. The normalized spacial score (nSPS) is 14.5. The van der Waals surface area contributed by atoms with Crippen LogP contribution in [-0.2, 0) is 5.75 Å². The summed E-state index contributed by atoms with van der Waals surface area (Å²) in [5, 5.41) is 0. The average Bonchev–Trinajstić information content (AvgIpc) is 2.80. The molecular formula is C22H19NS2. The molecule has 25 heavy (non-hydrogen) atoms. The topological polar surface area (TPSA) is 12.0 Å². The van der Waals surface area contributed by atoms with Crippen molar-refractivity contribution in [3.63, 3.8) is 0 Å². The molecule has 1 nitrogen and oxygen atoms in total. The molecule has 3 heteroatoms. The molecule has 0 fully saturated rings. The third kappa shape index (κ3) is 3.48. The standard InChI is InChI=1S/C22H19NS2/c1-24-23-18-9-6-7-16(13-18)14-21-19-10-3-2-8-17(19)15-25-22-12-5-4-11-20(21)22/h2-14,23H,15H2,1H3/b21-14+. The van der Waals surface area contributed by atoms with Gasteiger partial charge in [-0.15, -0.1) is 11.8 Å². The molecule has 4 rings (SSSR count). The molecule has 3 aromatic carbocycles. The van der Waals surface area contributed by atoms with E-state index in [1.54, 1.807) is 11.9 Å². The zero-order chi connectivity index (χ0) is 17.1. The molecule has 0 bridgehead atoms. The van der Waals surface area contributed by atoms with Gasteiger partial charge in [-0.3, -0.25) is 0 Å². The van der Waals surface area contributed by atoms with Crippen LogP contribution in [0.3, 0.4) is 0 Å². The number of hydrogen-bond donors (Lipinski definition) is 1. The molecule has 1 aliphatic rings. The van der Waals surface area contributed by atoms with Crippen LogP contribution in [0.2, 0.25) is 0 Å². The SMILES string of the molecule is CSNc1cccc(/C=C2\c3ccccc3CSc3ccccc32)c1. The second-order valence-corrected chi connectivity index (χ2v) is 7.56. The van der Waals surface area contributed by atoms with Gasteiger partial charge in [-0.1, -0.05) is 66.5 Å². The van der Waals surface area contributed by atoms with E-state index in [1.165, 1.54) is 32.7 Å². The number of thioether (sulfide) groups is 1. The highest BCUT2D eigenvalue weighted by atomic mass is 32.2. The molecule has 1 N–H and O–H groups in total. The lowest BCUT2D eigenvalue weighted by atomic mass is 9.92. The first-order valence-electron chi connectivity index (χ1n) is 8.26. The van der Waals surface area contributed by atoms with Gasteiger partial charge in [-0.2, -0.15) is 0 Å². The molecule has 0 saturated heterocycles. The van der Waals surface area contributed by atoms with Crippen LogP contribution in [-0.4, -0.2) is 6.26 Å². The summed E-state index contributed by atoms with van der Waals surface area (Å²) < 4.78 is 3.32. The largest absolute Gasteiger partial charge is 0.330 e. The van der Waals surface area contributed by atoms with Crippen molar-refractivity contribution in [1.82, 2.24) is 0 Å². The Hall–Kier alpha value is -2.10. The third-order valence-electron chi connectivity index (χ3n) is 4.29. The molecule has 0 aliphatic carbocycles. The summed E-state index contributed by atoms with van der Waals surface area (Å²) in [5.74, 6) is 1.01.